The number of hydrogen-bond donors (Lipinski definition) is 2. The molecule has 5 nitrogen and oxygen atoms in total. The number of hydrogen-bond acceptors (Lipinski definition) is 4. The fraction of sp³-hybridized carbons (Fsp3) is 0.450. The number of nitrogens with one attached hydrogen (secondary N) is 2. The lowest BCUT2D eigenvalue weighted by molar-refractivity contribution is 0.177. The maximum absolute atomic E-state index is 14.4. The van der Waals surface area contributed by atoms with E-state index < -0.39 is 5.82 Å². The summed E-state index contributed by atoms with van der Waals surface area (Å²) in [4.78, 5) is 16.0. The van der Waals surface area contributed by atoms with Gasteiger partial charge in [0.05, 0.1) is 11.2 Å². The fourth-order valence-corrected chi connectivity index (χ4v) is 4.57. The molecular weight excluding hydrogens is 365 g/mol. The van der Waals surface area contributed by atoms with Crippen molar-refractivity contribution < 1.29 is 4.39 Å². The van der Waals surface area contributed by atoms with Crippen molar-refractivity contribution in [1.29, 1.82) is 0 Å². The quantitative estimate of drug-likeness (QED) is 0.628. The molecule has 0 aliphatic heterocycles. The van der Waals surface area contributed by atoms with E-state index >= 15 is 0 Å². The highest BCUT2D eigenvalue weighted by atomic mass is 35.5. The molecule has 27 heavy (non-hydrogen) atoms. The summed E-state index contributed by atoms with van der Waals surface area (Å²) in [5.41, 5.74) is 1.68. The number of nitrogens with zero attached hydrogens (tertiary/aromatic N) is 3. The SMILES string of the molecule is C[C@H]1C[C@H](Nc2nc(-c3c[nH]c4ncc(Cl)cc34)ncc2F)CC(C)(C)C1. The van der Waals surface area contributed by atoms with Gasteiger partial charge in [0.2, 0.25) is 0 Å². The molecule has 1 saturated carbocycles. The normalized spacial score (nSPS) is 22.1. The molecule has 0 radical (unpaired) electrons. The highest BCUT2D eigenvalue weighted by Crippen LogP contribution is 2.39. The zero-order chi connectivity index (χ0) is 19.2. The zero-order valence-electron chi connectivity index (χ0n) is 15.7. The van der Waals surface area contributed by atoms with E-state index in [0.29, 0.717) is 22.4 Å². The van der Waals surface area contributed by atoms with E-state index in [9.17, 15) is 4.39 Å². The molecule has 1 aliphatic rings. The monoisotopic (exact) mass is 387 g/mol. The Bertz CT molecular complexity index is 984. The van der Waals surface area contributed by atoms with Crippen LogP contribution in [-0.2, 0) is 0 Å². The molecule has 0 unspecified atom stereocenters. The van der Waals surface area contributed by atoms with Crippen LogP contribution in [0, 0.1) is 17.2 Å². The minimum absolute atomic E-state index is 0.195. The predicted molar refractivity (Wildman–Crippen MR) is 106 cm³/mol. The summed E-state index contributed by atoms with van der Waals surface area (Å²) in [6.07, 6.45) is 7.76. The molecule has 0 bridgehead atoms. The van der Waals surface area contributed by atoms with Gasteiger partial charge in [-0.05, 0) is 36.7 Å². The van der Waals surface area contributed by atoms with Crippen molar-refractivity contribution in [1.82, 2.24) is 19.9 Å². The van der Waals surface area contributed by atoms with E-state index in [-0.39, 0.29) is 17.3 Å². The van der Waals surface area contributed by atoms with Gasteiger partial charge in [0.15, 0.2) is 17.5 Å². The molecule has 142 valence electrons. The minimum atomic E-state index is -0.439. The number of rotatable bonds is 3. The van der Waals surface area contributed by atoms with Gasteiger partial charge in [-0.3, -0.25) is 0 Å². The summed E-state index contributed by atoms with van der Waals surface area (Å²) in [6.45, 7) is 6.78. The van der Waals surface area contributed by atoms with Crippen LogP contribution in [0.25, 0.3) is 22.4 Å². The van der Waals surface area contributed by atoms with Crippen molar-refractivity contribution in [2.45, 2.75) is 46.1 Å². The fourth-order valence-electron chi connectivity index (χ4n) is 4.41. The Morgan fingerprint density at radius 2 is 2.07 bits per heavy atom. The van der Waals surface area contributed by atoms with Gasteiger partial charge in [-0.2, -0.15) is 0 Å². The van der Waals surface area contributed by atoms with Crippen molar-refractivity contribution in [3.05, 3.63) is 35.5 Å². The van der Waals surface area contributed by atoms with Crippen LogP contribution in [0.15, 0.2) is 24.7 Å². The first kappa shape index (κ1) is 18.2. The third-order valence-electron chi connectivity index (χ3n) is 5.21. The smallest absolute Gasteiger partial charge is 0.183 e. The molecule has 1 aliphatic carbocycles. The molecule has 0 aromatic carbocycles. The first-order valence-electron chi connectivity index (χ1n) is 9.23. The molecule has 4 rings (SSSR count). The predicted octanol–water partition coefficient (Wildman–Crippen LogP) is 5.44. The number of halogens is 2. The van der Waals surface area contributed by atoms with Gasteiger partial charge in [-0.15, -0.1) is 0 Å². The average Bonchev–Trinajstić information content (AvgIpc) is 2.98. The van der Waals surface area contributed by atoms with Crippen LogP contribution in [0.1, 0.15) is 40.0 Å². The van der Waals surface area contributed by atoms with Crippen LogP contribution in [0.5, 0.6) is 0 Å². The Balaban J connectivity index is 1.66. The van der Waals surface area contributed by atoms with Crippen molar-refractivity contribution in [3.63, 3.8) is 0 Å². The molecule has 3 aromatic heterocycles. The summed E-state index contributed by atoms with van der Waals surface area (Å²) in [5.74, 6) is 0.847. The van der Waals surface area contributed by atoms with Gasteiger partial charge in [-0.1, -0.05) is 32.4 Å². The largest absolute Gasteiger partial charge is 0.365 e. The molecule has 0 saturated heterocycles. The standard InChI is InChI=1S/C20H23ClFN5/c1-11-4-13(7-20(2,3)6-11)26-19-16(22)10-25-18(27-19)15-9-24-17-14(15)5-12(21)8-23-17/h5,8-11,13H,4,6-7H2,1-3H3,(H,23,24)(H,25,26,27)/t11-,13-/m0/s1. The number of H-pyrrole nitrogens is 1. The second-order valence-electron chi connectivity index (χ2n) is 8.40. The molecule has 0 spiro atoms. The van der Waals surface area contributed by atoms with E-state index in [4.69, 9.17) is 11.6 Å². The second kappa shape index (κ2) is 6.75. The van der Waals surface area contributed by atoms with E-state index in [1.165, 1.54) is 12.6 Å². The topological polar surface area (TPSA) is 66.5 Å². The Morgan fingerprint density at radius 1 is 1.26 bits per heavy atom. The van der Waals surface area contributed by atoms with E-state index in [0.717, 1.165) is 23.8 Å². The van der Waals surface area contributed by atoms with Gasteiger partial charge in [0.1, 0.15) is 5.65 Å². The van der Waals surface area contributed by atoms with Crippen LogP contribution >= 0.6 is 11.6 Å². The van der Waals surface area contributed by atoms with Crippen LogP contribution in [0.3, 0.4) is 0 Å². The van der Waals surface area contributed by atoms with Crippen LogP contribution in [-0.4, -0.2) is 26.0 Å². The van der Waals surface area contributed by atoms with Crippen molar-refractivity contribution in [2.75, 3.05) is 5.32 Å². The number of anilines is 1. The van der Waals surface area contributed by atoms with Crippen molar-refractivity contribution >= 4 is 28.5 Å². The average molecular weight is 388 g/mol. The van der Waals surface area contributed by atoms with Crippen LogP contribution < -0.4 is 5.32 Å². The van der Waals surface area contributed by atoms with Gasteiger partial charge >= 0.3 is 0 Å². The van der Waals surface area contributed by atoms with Gasteiger partial charge < -0.3 is 10.3 Å². The van der Waals surface area contributed by atoms with Crippen LogP contribution in [0.2, 0.25) is 5.02 Å². The van der Waals surface area contributed by atoms with Gasteiger partial charge in [0, 0.05) is 29.4 Å². The highest BCUT2D eigenvalue weighted by molar-refractivity contribution is 6.31. The summed E-state index contributed by atoms with van der Waals surface area (Å²) in [5, 5.41) is 4.66. The van der Waals surface area contributed by atoms with E-state index in [1.807, 2.05) is 0 Å². The summed E-state index contributed by atoms with van der Waals surface area (Å²) >= 11 is 6.07. The third-order valence-corrected chi connectivity index (χ3v) is 5.42. The summed E-state index contributed by atoms with van der Waals surface area (Å²) < 4.78 is 14.4. The first-order chi connectivity index (χ1) is 12.8. The molecule has 2 atom stereocenters. The van der Waals surface area contributed by atoms with Crippen molar-refractivity contribution in [3.8, 4) is 11.4 Å². The minimum Gasteiger partial charge on any atom is -0.365 e. The van der Waals surface area contributed by atoms with Crippen LogP contribution in [0.4, 0.5) is 10.2 Å². The molecule has 3 heterocycles. The number of aromatic nitrogens is 4. The Hall–Kier alpha value is -2.21. The van der Waals surface area contributed by atoms with E-state index in [1.54, 1.807) is 18.5 Å². The first-order valence-corrected chi connectivity index (χ1v) is 9.60. The number of pyridine rings is 1. The third kappa shape index (κ3) is 3.76. The highest BCUT2D eigenvalue weighted by Gasteiger charge is 2.32. The Kier molecular flexibility index (Phi) is 4.54. The lowest BCUT2D eigenvalue weighted by Gasteiger charge is -2.39. The lowest BCUT2D eigenvalue weighted by atomic mass is 9.70. The maximum Gasteiger partial charge on any atom is 0.183 e. The Labute approximate surface area is 162 Å². The van der Waals surface area contributed by atoms with Gasteiger partial charge in [0.25, 0.3) is 0 Å². The van der Waals surface area contributed by atoms with Gasteiger partial charge in [-0.25, -0.2) is 19.3 Å². The maximum atomic E-state index is 14.4. The zero-order valence-corrected chi connectivity index (χ0v) is 16.4. The number of fused-ring (bicyclic) bond motifs is 1. The Morgan fingerprint density at radius 3 is 2.85 bits per heavy atom. The molecule has 1 fully saturated rings. The molecular formula is C20H23ClFN5. The molecule has 7 heteroatoms. The van der Waals surface area contributed by atoms with E-state index in [2.05, 4.69) is 46.0 Å². The molecule has 2 N–H and O–H groups in total. The molecule has 3 aromatic rings. The second-order valence-corrected chi connectivity index (χ2v) is 8.83. The summed E-state index contributed by atoms with van der Waals surface area (Å²) in [7, 11) is 0. The van der Waals surface area contributed by atoms with Crippen molar-refractivity contribution in [2.24, 2.45) is 11.3 Å². The summed E-state index contributed by atoms with van der Waals surface area (Å²) in [6, 6.07) is 2.00. The molecule has 0 amide bonds. The lowest BCUT2D eigenvalue weighted by Crippen LogP contribution is -2.36. The number of aromatic amines is 1.